The summed E-state index contributed by atoms with van der Waals surface area (Å²) < 4.78 is 42.2. The molecule has 0 bridgehead atoms. The molecule has 1 unspecified atom stereocenters. The first-order valence-electron chi connectivity index (χ1n) is 14.2. The van der Waals surface area contributed by atoms with E-state index in [9.17, 15) is 4.79 Å². The second-order valence-corrected chi connectivity index (χ2v) is 12.4. The number of carbonyl (C=O) groups excluding carboxylic acids is 1. The molecular formula is C34H32BrF2N5O2S. The Kier molecular flexibility index (Phi) is 9.89. The van der Waals surface area contributed by atoms with E-state index in [-0.39, 0.29) is 41.6 Å². The van der Waals surface area contributed by atoms with Gasteiger partial charge in [-0.15, -0.1) is 13.2 Å². The van der Waals surface area contributed by atoms with Crippen molar-refractivity contribution in [2.24, 2.45) is 7.05 Å². The highest BCUT2D eigenvalue weighted by atomic mass is 79.9. The van der Waals surface area contributed by atoms with Crippen LogP contribution < -0.4 is 9.46 Å². The van der Waals surface area contributed by atoms with Gasteiger partial charge in [0, 0.05) is 52.4 Å². The van der Waals surface area contributed by atoms with Gasteiger partial charge in [-0.1, -0.05) is 40.2 Å². The number of allylic oxidation sites excluding steroid dienone is 1. The van der Waals surface area contributed by atoms with Crippen LogP contribution in [0.3, 0.4) is 0 Å². The number of H-pyrrole nitrogens is 1. The van der Waals surface area contributed by atoms with Crippen molar-refractivity contribution >= 4 is 44.7 Å². The lowest BCUT2D eigenvalue weighted by atomic mass is 9.79. The zero-order valence-electron chi connectivity index (χ0n) is 24.9. The molecule has 11 heteroatoms. The largest absolute Gasteiger partial charge is 0.454 e. The molecular weight excluding hydrogens is 660 g/mol. The van der Waals surface area contributed by atoms with E-state index < -0.39 is 17.0 Å². The number of aromatic amines is 1. The van der Waals surface area contributed by atoms with Gasteiger partial charge in [-0.2, -0.15) is 5.10 Å². The molecule has 1 amide bonds. The second-order valence-electron chi connectivity index (χ2n) is 10.7. The number of nitrogens with zero attached hydrogens (tertiary/aromatic N) is 3. The van der Waals surface area contributed by atoms with Crippen LogP contribution in [0.2, 0.25) is 0 Å². The summed E-state index contributed by atoms with van der Waals surface area (Å²) in [5.41, 5.74) is 1.59. The molecule has 7 nitrogen and oxygen atoms in total. The number of halogens is 3. The van der Waals surface area contributed by atoms with Crippen LogP contribution in [-0.4, -0.2) is 31.4 Å². The number of rotatable bonds is 13. The molecule has 0 spiro atoms. The molecule has 3 aromatic carbocycles. The van der Waals surface area contributed by atoms with E-state index in [1.165, 1.54) is 40.9 Å². The number of carbonyl (C=O) groups is 1. The zero-order chi connectivity index (χ0) is 32.1. The van der Waals surface area contributed by atoms with Crippen LogP contribution in [0.1, 0.15) is 36.7 Å². The van der Waals surface area contributed by atoms with Crippen LogP contribution in [0.15, 0.2) is 90.6 Å². The van der Waals surface area contributed by atoms with E-state index in [0.29, 0.717) is 29.1 Å². The summed E-state index contributed by atoms with van der Waals surface area (Å²) in [5, 5.41) is 5.42. The molecule has 0 saturated carbocycles. The van der Waals surface area contributed by atoms with Crippen LogP contribution in [-0.2, 0) is 23.7 Å². The number of aryl methyl sites for hydroxylation is 2. The van der Waals surface area contributed by atoms with Crippen molar-refractivity contribution in [1.82, 2.24) is 24.5 Å². The Balaban J connectivity index is 1.49. The fourth-order valence-corrected chi connectivity index (χ4v) is 6.08. The SMILES string of the molecule is C=CCSNC(=O)CCc1c(Oc2ccc(F)c(-c3nc(C(C)(CC=C)c4cccc(Br)c4)nn3C)c2)c(F)cc2[nH]ccc12. The Morgan fingerprint density at radius 1 is 1.16 bits per heavy atom. The third-order valence-electron chi connectivity index (χ3n) is 7.52. The average Bonchev–Trinajstić information content (AvgIpc) is 3.64. The molecule has 0 fully saturated rings. The quantitative estimate of drug-likeness (QED) is 0.0734. The minimum absolute atomic E-state index is 0.0296. The monoisotopic (exact) mass is 691 g/mol. The van der Waals surface area contributed by atoms with Gasteiger partial charge in [-0.25, -0.2) is 18.4 Å². The number of ether oxygens (including phenoxy) is 1. The molecule has 2 aromatic heterocycles. The van der Waals surface area contributed by atoms with Crippen molar-refractivity contribution in [3.8, 4) is 22.9 Å². The first-order valence-corrected chi connectivity index (χ1v) is 16.0. The summed E-state index contributed by atoms with van der Waals surface area (Å²) in [7, 11) is 1.70. The maximum Gasteiger partial charge on any atom is 0.230 e. The molecule has 5 rings (SSSR count). The number of aromatic nitrogens is 4. The highest BCUT2D eigenvalue weighted by Gasteiger charge is 2.33. The Hall–Kier alpha value is -4.22. The average molecular weight is 693 g/mol. The van der Waals surface area contributed by atoms with Gasteiger partial charge < -0.3 is 9.72 Å². The van der Waals surface area contributed by atoms with Crippen molar-refractivity contribution < 1.29 is 18.3 Å². The fourth-order valence-electron chi connectivity index (χ4n) is 5.22. The number of amides is 1. The van der Waals surface area contributed by atoms with Crippen LogP contribution in [0, 0.1) is 11.6 Å². The van der Waals surface area contributed by atoms with Gasteiger partial charge in [-0.3, -0.25) is 9.52 Å². The molecule has 2 N–H and O–H groups in total. The number of benzene rings is 3. The first kappa shape index (κ1) is 32.2. The van der Waals surface area contributed by atoms with E-state index in [1.54, 1.807) is 19.3 Å². The van der Waals surface area contributed by atoms with Crippen LogP contribution in [0.4, 0.5) is 8.78 Å². The van der Waals surface area contributed by atoms with Crippen molar-refractivity contribution in [3.05, 3.63) is 119 Å². The molecule has 5 aromatic rings. The minimum atomic E-state index is -0.632. The number of fused-ring (bicyclic) bond motifs is 1. The highest BCUT2D eigenvalue weighted by Crippen LogP contribution is 2.39. The fraction of sp³-hybridized carbons (Fsp3) is 0.206. The van der Waals surface area contributed by atoms with E-state index in [2.05, 4.69) is 43.9 Å². The zero-order valence-corrected chi connectivity index (χ0v) is 27.3. The van der Waals surface area contributed by atoms with Gasteiger partial charge in [0.1, 0.15) is 11.6 Å². The predicted molar refractivity (Wildman–Crippen MR) is 179 cm³/mol. The smallest absolute Gasteiger partial charge is 0.230 e. The summed E-state index contributed by atoms with van der Waals surface area (Å²) in [5.74, 6) is 0.188. The van der Waals surface area contributed by atoms with Crippen molar-refractivity contribution in [2.45, 2.75) is 31.6 Å². The Morgan fingerprint density at radius 3 is 2.73 bits per heavy atom. The van der Waals surface area contributed by atoms with Gasteiger partial charge in [-0.05, 0) is 73.7 Å². The van der Waals surface area contributed by atoms with Crippen LogP contribution in [0.25, 0.3) is 22.3 Å². The summed E-state index contributed by atoms with van der Waals surface area (Å²) in [6.07, 6.45) is 6.08. The lowest BCUT2D eigenvalue weighted by Gasteiger charge is -2.26. The van der Waals surface area contributed by atoms with Gasteiger partial charge in [0.05, 0.1) is 11.0 Å². The van der Waals surface area contributed by atoms with Crippen molar-refractivity contribution in [1.29, 1.82) is 0 Å². The van der Waals surface area contributed by atoms with E-state index >= 15 is 8.78 Å². The highest BCUT2D eigenvalue weighted by molar-refractivity contribution is 9.10. The predicted octanol–water partition coefficient (Wildman–Crippen LogP) is 8.56. The van der Waals surface area contributed by atoms with Gasteiger partial charge >= 0.3 is 0 Å². The molecule has 0 radical (unpaired) electrons. The summed E-state index contributed by atoms with van der Waals surface area (Å²) in [4.78, 5) is 20.3. The molecule has 232 valence electrons. The maximum atomic E-state index is 15.5. The normalized spacial score (nSPS) is 12.6. The molecule has 1 atom stereocenters. The summed E-state index contributed by atoms with van der Waals surface area (Å²) in [6, 6.07) is 15.2. The minimum Gasteiger partial charge on any atom is -0.454 e. The number of hydrogen-bond donors (Lipinski definition) is 2. The second kappa shape index (κ2) is 13.8. The van der Waals surface area contributed by atoms with E-state index in [0.717, 1.165) is 15.4 Å². The number of hydrogen-bond acceptors (Lipinski definition) is 5. The third-order valence-corrected chi connectivity index (χ3v) is 8.79. The topological polar surface area (TPSA) is 84.8 Å². The summed E-state index contributed by atoms with van der Waals surface area (Å²) >= 11 is 4.78. The van der Waals surface area contributed by atoms with Gasteiger partial charge in [0.25, 0.3) is 0 Å². The summed E-state index contributed by atoms with van der Waals surface area (Å²) in [6.45, 7) is 9.59. The molecule has 0 aliphatic heterocycles. The Bertz CT molecular complexity index is 1890. The Labute approximate surface area is 273 Å². The molecule has 0 aliphatic carbocycles. The molecule has 0 aliphatic rings. The third kappa shape index (κ3) is 6.89. The molecule has 0 saturated heterocycles. The molecule has 45 heavy (non-hydrogen) atoms. The van der Waals surface area contributed by atoms with E-state index in [1.807, 2.05) is 43.3 Å². The van der Waals surface area contributed by atoms with Crippen LogP contribution >= 0.6 is 27.9 Å². The first-order chi connectivity index (χ1) is 21.6. The Morgan fingerprint density at radius 2 is 1.98 bits per heavy atom. The molecule has 2 heterocycles. The van der Waals surface area contributed by atoms with Gasteiger partial charge in [0.2, 0.25) is 5.91 Å². The van der Waals surface area contributed by atoms with Crippen molar-refractivity contribution in [3.63, 3.8) is 0 Å². The van der Waals surface area contributed by atoms with E-state index in [4.69, 9.17) is 9.72 Å². The lowest BCUT2D eigenvalue weighted by molar-refractivity contribution is -0.119. The van der Waals surface area contributed by atoms with Gasteiger partial charge in [0.15, 0.2) is 23.2 Å². The maximum absolute atomic E-state index is 15.5. The number of nitrogens with one attached hydrogen (secondary N) is 2. The van der Waals surface area contributed by atoms with Crippen LogP contribution in [0.5, 0.6) is 11.5 Å². The standard InChI is InChI=1S/C34H32BrF2N5O2S/c1-5-15-34(3,21-8-7-9-22(35)18-21)33-39-32(42(4)40-33)26-19-23(10-12-27(26)36)44-31-25(11-13-30(43)41-45-17-6-2)24-14-16-38-29(24)20-28(31)37/h5-10,12,14,16,18-20,38H,1-2,11,13,15,17H2,3-4H3,(H,41,43). The van der Waals surface area contributed by atoms with Crippen molar-refractivity contribution in [2.75, 3.05) is 5.75 Å². The lowest BCUT2D eigenvalue weighted by Crippen LogP contribution is -2.25.